The van der Waals surface area contributed by atoms with Gasteiger partial charge in [-0.3, -0.25) is 4.98 Å². The van der Waals surface area contributed by atoms with E-state index in [4.69, 9.17) is 17.0 Å². The summed E-state index contributed by atoms with van der Waals surface area (Å²) in [6.45, 7) is 6.48. The van der Waals surface area contributed by atoms with Gasteiger partial charge in [0.15, 0.2) is 5.11 Å². The Morgan fingerprint density at radius 2 is 1.83 bits per heavy atom. The topological polar surface area (TPSA) is 42.3 Å². The zero-order valence-electron chi connectivity index (χ0n) is 17.2. The van der Waals surface area contributed by atoms with Crippen molar-refractivity contribution in [2.24, 2.45) is 0 Å². The summed E-state index contributed by atoms with van der Waals surface area (Å²) < 4.78 is 7.63. The average molecular weight is 407 g/mol. The fourth-order valence-electron chi connectivity index (χ4n) is 4.11. The van der Waals surface area contributed by atoms with Crippen molar-refractivity contribution < 1.29 is 4.74 Å². The predicted molar refractivity (Wildman–Crippen MR) is 119 cm³/mol. The highest BCUT2D eigenvalue weighted by molar-refractivity contribution is 7.80. The Balaban J connectivity index is 1.85. The Hall–Kier alpha value is -2.86. The second-order valence-electron chi connectivity index (χ2n) is 7.56. The molecule has 1 aliphatic heterocycles. The maximum atomic E-state index is 5.73. The minimum atomic E-state index is -0.0163. The molecule has 3 aromatic rings. The van der Waals surface area contributed by atoms with Gasteiger partial charge in [0.25, 0.3) is 0 Å². The quantitative estimate of drug-likeness (QED) is 0.629. The molecular formula is C23H26N4OS. The minimum Gasteiger partial charge on any atom is -0.497 e. The zero-order chi connectivity index (χ0) is 20.5. The molecule has 0 saturated carbocycles. The average Bonchev–Trinajstić information content (AvgIpc) is 3.28. The largest absolute Gasteiger partial charge is 0.497 e. The van der Waals surface area contributed by atoms with Crippen LogP contribution in [0, 0.1) is 6.92 Å². The van der Waals surface area contributed by atoms with Gasteiger partial charge in [0.2, 0.25) is 0 Å². The van der Waals surface area contributed by atoms with Crippen molar-refractivity contribution in [1.82, 2.24) is 19.8 Å². The molecule has 1 N–H and O–H groups in total. The number of rotatable bonds is 5. The number of hydrogen-bond donors (Lipinski definition) is 1. The molecule has 0 amide bonds. The van der Waals surface area contributed by atoms with E-state index in [9.17, 15) is 0 Å². The van der Waals surface area contributed by atoms with Crippen LogP contribution in [0.1, 0.15) is 43.0 Å². The van der Waals surface area contributed by atoms with Crippen molar-refractivity contribution in [1.29, 1.82) is 0 Å². The Bertz CT molecular complexity index is 997. The first kappa shape index (κ1) is 19.5. The summed E-state index contributed by atoms with van der Waals surface area (Å²) in [5.74, 6) is 0.846. The van der Waals surface area contributed by atoms with E-state index < -0.39 is 0 Å². The van der Waals surface area contributed by atoms with Crippen molar-refractivity contribution in [2.75, 3.05) is 7.11 Å². The first-order valence-corrected chi connectivity index (χ1v) is 10.2. The third kappa shape index (κ3) is 3.49. The lowest BCUT2D eigenvalue weighted by Gasteiger charge is -2.32. The second kappa shape index (κ2) is 7.87. The Kier molecular flexibility index (Phi) is 5.28. The molecule has 2 atom stereocenters. The molecule has 29 heavy (non-hydrogen) atoms. The molecule has 5 nitrogen and oxygen atoms in total. The van der Waals surface area contributed by atoms with Gasteiger partial charge in [0.05, 0.1) is 24.9 Å². The Morgan fingerprint density at radius 1 is 1.07 bits per heavy atom. The fraction of sp³-hybridized carbons (Fsp3) is 0.304. The number of aromatic nitrogens is 2. The molecule has 1 aliphatic rings. The van der Waals surface area contributed by atoms with Crippen LogP contribution in [0.4, 0.5) is 0 Å². The van der Waals surface area contributed by atoms with Crippen LogP contribution in [0.25, 0.3) is 5.69 Å². The van der Waals surface area contributed by atoms with E-state index in [0.717, 1.165) is 22.2 Å². The maximum absolute atomic E-state index is 5.73. The lowest BCUT2D eigenvalue weighted by Crippen LogP contribution is -2.36. The summed E-state index contributed by atoms with van der Waals surface area (Å²) >= 11 is 5.73. The number of pyridine rings is 1. The van der Waals surface area contributed by atoms with E-state index in [-0.39, 0.29) is 18.1 Å². The molecule has 1 aromatic carbocycles. The highest BCUT2D eigenvalue weighted by Crippen LogP contribution is 2.41. The van der Waals surface area contributed by atoms with Crippen molar-refractivity contribution in [3.8, 4) is 11.4 Å². The maximum Gasteiger partial charge on any atom is 0.170 e. The van der Waals surface area contributed by atoms with Gasteiger partial charge in [0.1, 0.15) is 5.75 Å². The lowest BCUT2D eigenvalue weighted by molar-refractivity contribution is 0.262. The summed E-state index contributed by atoms with van der Waals surface area (Å²) in [7, 11) is 1.68. The van der Waals surface area contributed by atoms with Gasteiger partial charge in [0, 0.05) is 29.3 Å². The van der Waals surface area contributed by atoms with Crippen LogP contribution in [-0.2, 0) is 0 Å². The van der Waals surface area contributed by atoms with Gasteiger partial charge in [-0.25, -0.2) is 0 Å². The normalized spacial score (nSPS) is 18.9. The van der Waals surface area contributed by atoms with Crippen LogP contribution in [0.3, 0.4) is 0 Å². The summed E-state index contributed by atoms with van der Waals surface area (Å²) in [5, 5.41) is 4.28. The molecule has 0 radical (unpaired) electrons. The third-order valence-corrected chi connectivity index (χ3v) is 5.76. The highest BCUT2D eigenvalue weighted by Gasteiger charge is 2.42. The van der Waals surface area contributed by atoms with Crippen molar-refractivity contribution >= 4 is 17.3 Å². The number of ether oxygens (including phenoxy) is 1. The molecule has 0 bridgehead atoms. The van der Waals surface area contributed by atoms with Crippen LogP contribution in [0.5, 0.6) is 5.75 Å². The number of methoxy groups -OCH3 is 1. The van der Waals surface area contributed by atoms with Crippen molar-refractivity contribution in [2.45, 2.75) is 38.9 Å². The van der Waals surface area contributed by atoms with Crippen LogP contribution >= 0.6 is 12.2 Å². The molecule has 0 aliphatic carbocycles. The fourth-order valence-corrected chi connectivity index (χ4v) is 4.56. The summed E-state index contributed by atoms with van der Waals surface area (Å²) in [6.07, 6.45) is 1.84. The van der Waals surface area contributed by atoms with Crippen molar-refractivity contribution in [3.63, 3.8) is 0 Å². The summed E-state index contributed by atoms with van der Waals surface area (Å²) in [5.41, 5.74) is 4.45. The molecule has 150 valence electrons. The summed E-state index contributed by atoms with van der Waals surface area (Å²) in [6, 6.07) is 18.8. The predicted octanol–water partition coefficient (Wildman–Crippen LogP) is 4.57. The number of benzene rings is 1. The monoisotopic (exact) mass is 406 g/mol. The van der Waals surface area contributed by atoms with Crippen molar-refractivity contribution in [3.05, 3.63) is 77.9 Å². The van der Waals surface area contributed by atoms with E-state index in [1.165, 1.54) is 11.4 Å². The van der Waals surface area contributed by atoms with Crippen LogP contribution < -0.4 is 10.1 Å². The standard InChI is InChI=1S/C23H26N4OS/c1-15(2)26-22(21(25-23(26)29)19-7-5-6-14-24-19)20-13-8-16(3)27(20)17-9-11-18(28-4)12-10-17/h5-15,21-22H,1-4H3,(H,25,29). The lowest BCUT2D eigenvalue weighted by atomic mass is 10.0. The molecule has 2 unspecified atom stereocenters. The Morgan fingerprint density at radius 3 is 2.45 bits per heavy atom. The molecule has 1 saturated heterocycles. The molecule has 3 heterocycles. The molecule has 0 spiro atoms. The minimum absolute atomic E-state index is 0.0163. The van der Waals surface area contributed by atoms with Crippen LogP contribution in [0.15, 0.2) is 60.8 Å². The smallest absolute Gasteiger partial charge is 0.170 e. The molecule has 2 aromatic heterocycles. The molecule has 4 rings (SSSR count). The van der Waals surface area contributed by atoms with Gasteiger partial charge < -0.3 is 19.5 Å². The van der Waals surface area contributed by atoms with Gasteiger partial charge >= 0.3 is 0 Å². The van der Waals surface area contributed by atoms with Gasteiger partial charge in [-0.05, 0) is 81.5 Å². The van der Waals surface area contributed by atoms with Crippen LogP contribution in [0.2, 0.25) is 0 Å². The number of thiocarbonyl (C=S) groups is 1. The number of nitrogens with one attached hydrogen (secondary N) is 1. The second-order valence-corrected chi connectivity index (χ2v) is 7.95. The first-order valence-electron chi connectivity index (χ1n) is 9.83. The van der Waals surface area contributed by atoms with Gasteiger partial charge in [-0.15, -0.1) is 0 Å². The van der Waals surface area contributed by atoms with E-state index in [1.54, 1.807) is 7.11 Å². The number of nitrogens with zero attached hydrogens (tertiary/aromatic N) is 3. The van der Waals surface area contributed by atoms with E-state index >= 15 is 0 Å². The van der Waals surface area contributed by atoms with Gasteiger partial charge in [-0.1, -0.05) is 6.07 Å². The zero-order valence-corrected chi connectivity index (χ0v) is 18.0. The Labute approximate surface area is 177 Å². The van der Waals surface area contributed by atoms with E-state index in [0.29, 0.717) is 0 Å². The SMILES string of the molecule is COc1ccc(-n2c(C)ccc2C2C(c3ccccn3)NC(=S)N2C(C)C)cc1. The molecular weight excluding hydrogens is 380 g/mol. The first-order chi connectivity index (χ1) is 14.0. The van der Waals surface area contributed by atoms with Crippen LogP contribution in [-0.4, -0.2) is 32.7 Å². The third-order valence-electron chi connectivity index (χ3n) is 5.43. The molecule has 1 fully saturated rings. The summed E-state index contributed by atoms with van der Waals surface area (Å²) in [4.78, 5) is 6.90. The van der Waals surface area contributed by atoms with Gasteiger partial charge in [-0.2, -0.15) is 0 Å². The number of hydrogen-bond acceptors (Lipinski definition) is 3. The highest BCUT2D eigenvalue weighted by atomic mass is 32.1. The number of aryl methyl sites for hydroxylation is 1. The van der Waals surface area contributed by atoms with E-state index in [2.05, 4.69) is 70.9 Å². The molecule has 6 heteroatoms. The van der Waals surface area contributed by atoms with E-state index in [1.807, 2.05) is 30.5 Å².